The molecule has 0 radical (unpaired) electrons. The van der Waals surface area contributed by atoms with Crippen molar-refractivity contribution < 1.29 is 19.1 Å². The number of benzene rings is 2. The normalized spacial score (nSPS) is 19.5. The van der Waals surface area contributed by atoms with Crippen molar-refractivity contribution in [2.75, 3.05) is 13.8 Å². The molecule has 3 aromatic rings. The Balaban J connectivity index is 1.45. The van der Waals surface area contributed by atoms with Crippen molar-refractivity contribution >= 4 is 23.2 Å². The van der Waals surface area contributed by atoms with E-state index in [1.807, 2.05) is 53.9 Å². The minimum absolute atomic E-state index is 0.0659. The lowest BCUT2D eigenvalue weighted by Crippen LogP contribution is -2.45. The Kier molecular flexibility index (Phi) is 4.67. The Morgan fingerprint density at radius 3 is 2.80 bits per heavy atom. The van der Waals surface area contributed by atoms with E-state index in [0.29, 0.717) is 23.6 Å². The quantitative estimate of drug-likeness (QED) is 0.699. The topological polar surface area (TPSA) is 67.9 Å². The summed E-state index contributed by atoms with van der Waals surface area (Å²) in [4.78, 5) is 29.0. The number of carbonyl (C=O) groups excluding carboxylic acids is 2. The average Bonchev–Trinajstić information content (AvgIpc) is 3.46. The number of nitrogens with one attached hydrogen (secondary N) is 1. The third kappa shape index (κ3) is 3.11. The van der Waals surface area contributed by atoms with Crippen LogP contribution >= 0.6 is 11.3 Å². The molecule has 0 saturated heterocycles. The molecule has 2 atom stereocenters. The summed E-state index contributed by atoms with van der Waals surface area (Å²) in [7, 11) is 1.76. The molecule has 2 aliphatic rings. The number of hydrogen-bond acceptors (Lipinski definition) is 5. The second kappa shape index (κ2) is 7.50. The van der Waals surface area contributed by atoms with Gasteiger partial charge in [0.05, 0.1) is 12.0 Å². The molecule has 2 amide bonds. The van der Waals surface area contributed by atoms with E-state index in [0.717, 1.165) is 16.0 Å². The van der Waals surface area contributed by atoms with E-state index in [4.69, 9.17) is 9.47 Å². The first-order chi connectivity index (χ1) is 14.6. The van der Waals surface area contributed by atoms with Crippen LogP contribution in [0.3, 0.4) is 0 Å². The molecule has 30 heavy (non-hydrogen) atoms. The summed E-state index contributed by atoms with van der Waals surface area (Å²) in [5, 5.41) is 5.03. The zero-order valence-electron chi connectivity index (χ0n) is 16.3. The van der Waals surface area contributed by atoms with Crippen molar-refractivity contribution in [1.29, 1.82) is 0 Å². The van der Waals surface area contributed by atoms with Crippen molar-refractivity contribution in [3.8, 4) is 11.5 Å². The molecular formula is C23H20N2O4S. The third-order valence-electron chi connectivity index (χ3n) is 5.60. The number of fused-ring (bicyclic) bond motifs is 2. The first-order valence-corrected chi connectivity index (χ1v) is 10.6. The van der Waals surface area contributed by atoms with E-state index in [1.54, 1.807) is 29.4 Å². The Hall–Kier alpha value is -3.32. The summed E-state index contributed by atoms with van der Waals surface area (Å²) in [5.41, 5.74) is 2.27. The smallest absolute Gasteiger partial charge is 0.254 e. The van der Waals surface area contributed by atoms with Gasteiger partial charge < -0.3 is 19.7 Å². The maximum atomic E-state index is 13.4. The number of nitrogens with zero attached hydrogens (tertiary/aromatic N) is 1. The Morgan fingerprint density at radius 2 is 1.97 bits per heavy atom. The third-order valence-corrected chi connectivity index (χ3v) is 6.54. The molecule has 0 fully saturated rings. The van der Waals surface area contributed by atoms with Crippen LogP contribution in [0.25, 0.3) is 0 Å². The van der Waals surface area contributed by atoms with Gasteiger partial charge >= 0.3 is 0 Å². The molecule has 2 aromatic carbocycles. The van der Waals surface area contributed by atoms with Crippen LogP contribution in [0.5, 0.6) is 11.5 Å². The van der Waals surface area contributed by atoms with E-state index in [9.17, 15) is 9.59 Å². The summed E-state index contributed by atoms with van der Waals surface area (Å²) >= 11 is 1.55. The molecule has 0 unspecified atom stereocenters. The molecule has 5 rings (SSSR count). The van der Waals surface area contributed by atoms with E-state index < -0.39 is 5.92 Å². The highest BCUT2D eigenvalue weighted by atomic mass is 32.1. The second-order valence-corrected chi connectivity index (χ2v) is 8.33. The SMILES string of the molecule is CN1C(=O)c2ccccc2[C@H](C(=O)NCc2ccc3c(c2)OCO3)[C@H]1c1cccs1. The predicted molar refractivity (Wildman–Crippen MR) is 113 cm³/mol. The van der Waals surface area contributed by atoms with Gasteiger partial charge in [0.15, 0.2) is 11.5 Å². The predicted octanol–water partition coefficient (Wildman–Crippen LogP) is 3.70. The lowest BCUT2D eigenvalue weighted by molar-refractivity contribution is -0.124. The molecule has 0 saturated carbocycles. The van der Waals surface area contributed by atoms with Gasteiger partial charge in [-0.15, -0.1) is 11.3 Å². The van der Waals surface area contributed by atoms with Crippen molar-refractivity contribution in [2.45, 2.75) is 18.5 Å². The molecule has 1 aromatic heterocycles. The van der Waals surface area contributed by atoms with Crippen LogP contribution in [0.1, 0.15) is 38.3 Å². The van der Waals surface area contributed by atoms with Crippen molar-refractivity contribution in [1.82, 2.24) is 10.2 Å². The van der Waals surface area contributed by atoms with Gasteiger partial charge in [-0.3, -0.25) is 9.59 Å². The van der Waals surface area contributed by atoms with Gasteiger partial charge in [-0.2, -0.15) is 0 Å². The molecule has 1 N–H and O–H groups in total. The largest absolute Gasteiger partial charge is 0.454 e. The molecule has 0 bridgehead atoms. The fourth-order valence-corrected chi connectivity index (χ4v) is 5.03. The van der Waals surface area contributed by atoms with Crippen molar-refractivity contribution in [3.05, 3.63) is 81.5 Å². The minimum Gasteiger partial charge on any atom is -0.454 e. The van der Waals surface area contributed by atoms with Gasteiger partial charge in [0.25, 0.3) is 5.91 Å². The molecule has 152 valence electrons. The van der Waals surface area contributed by atoms with Gasteiger partial charge in [0.1, 0.15) is 0 Å². The number of rotatable bonds is 4. The number of thiophene rings is 1. The Morgan fingerprint density at radius 1 is 1.13 bits per heavy atom. The Bertz CT molecular complexity index is 1110. The van der Waals surface area contributed by atoms with Crippen LogP contribution in [0.15, 0.2) is 60.0 Å². The monoisotopic (exact) mass is 420 g/mol. The zero-order valence-corrected chi connectivity index (χ0v) is 17.1. The number of likely N-dealkylation sites (N-methyl/N-ethyl adjacent to an activating group) is 1. The summed E-state index contributed by atoms with van der Waals surface area (Å²) in [6, 6.07) is 16.6. The standard InChI is InChI=1S/C23H20N2O4S/c1-25-21(19-7-4-10-30-19)20(15-5-2-3-6-16(15)23(25)27)22(26)24-12-14-8-9-17-18(11-14)29-13-28-17/h2-11,20-21H,12-13H2,1H3,(H,24,26)/t20-,21+/m0/s1. The molecule has 3 heterocycles. The molecule has 2 aliphatic heterocycles. The lowest BCUT2D eigenvalue weighted by atomic mass is 9.81. The first-order valence-electron chi connectivity index (χ1n) is 9.69. The second-order valence-electron chi connectivity index (χ2n) is 7.35. The van der Waals surface area contributed by atoms with Gasteiger partial charge in [-0.25, -0.2) is 0 Å². The highest BCUT2D eigenvalue weighted by molar-refractivity contribution is 7.10. The maximum absolute atomic E-state index is 13.4. The van der Waals surface area contributed by atoms with Gasteiger partial charge in [0.2, 0.25) is 12.7 Å². The van der Waals surface area contributed by atoms with Crippen LogP contribution in [0, 0.1) is 0 Å². The fourth-order valence-electron chi connectivity index (χ4n) is 4.12. The van der Waals surface area contributed by atoms with E-state index >= 15 is 0 Å². The summed E-state index contributed by atoms with van der Waals surface area (Å²) in [5.74, 6) is 0.731. The molecule has 0 spiro atoms. The highest BCUT2D eigenvalue weighted by Gasteiger charge is 2.42. The van der Waals surface area contributed by atoms with Crippen LogP contribution < -0.4 is 14.8 Å². The summed E-state index contributed by atoms with van der Waals surface area (Å²) in [6.45, 7) is 0.579. The van der Waals surface area contributed by atoms with Crippen molar-refractivity contribution in [3.63, 3.8) is 0 Å². The highest BCUT2D eigenvalue weighted by Crippen LogP contribution is 2.43. The summed E-state index contributed by atoms with van der Waals surface area (Å²) < 4.78 is 10.8. The molecule has 7 heteroatoms. The van der Waals surface area contributed by atoms with Crippen LogP contribution in [-0.2, 0) is 11.3 Å². The number of ether oxygens (including phenoxy) is 2. The molecule has 0 aliphatic carbocycles. The van der Waals surface area contributed by atoms with Gasteiger partial charge in [0, 0.05) is 24.0 Å². The summed E-state index contributed by atoms with van der Waals surface area (Å²) in [6.07, 6.45) is 0. The van der Waals surface area contributed by atoms with E-state index in [1.165, 1.54) is 0 Å². The lowest BCUT2D eigenvalue weighted by Gasteiger charge is -2.39. The Labute approximate surface area is 178 Å². The van der Waals surface area contributed by atoms with E-state index in [2.05, 4.69) is 5.32 Å². The van der Waals surface area contributed by atoms with Crippen LogP contribution in [0.4, 0.5) is 0 Å². The molecular weight excluding hydrogens is 400 g/mol. The fraction of sp³-hybridized carbons (Fsp3) is 0.217. The number of amides is 2. The van der Waals surface area contributed by atoms with Gasteiger partial charge in [-0.05, 0) is 40.8 Å². The maximum Gasteiger partial charge on any atom is 0.254 e. The van der Waals surface area contributed by atoms with Crippen molar-refractivity contribution in [2.24, 2.45) is 0 Å². The average molecular weight is 420 g/mol. The van der Waals surface area contributed by atoms with E-state index in [-0.39, 0.29) is 24.6 Å². The zero-order chi connectivity index (χ0) is 20.7. The minimum atomic E-state index is -0.489. The molecule has 6 nitrogen and oxygen atoms in total. The first kappa shape index (κ1) is 18.7. The van der Waals surface area contributed by atoms with Crippen LogP contribution in [-0.4, -0.2) is 30.6 Å². The number of hydrogen-bond donors (Lipinski definition) is 1. The van der Waals surface area contributed by atoms with Crippen LogP contribution in [0.2, 0.25) is 0 Å². The van der Waals surface area contributed by atoms with Gasteiger partial charge in [-0.1, -0.05) is 30.3 Å². The number of carbonyl (C=O) groups is 2.